The summed E-state index contributed by atoms with van der Waals surface area (Å²) in [6.45, 7) is -0.755. The van der Waals surface area contributed by atoms with E-state index >= 15 is 0 Å². The van der Waals surface area contributed by atoms with Gasteiger partial charge in [-0.15, -0.1) is 0 Å². The van der Waals surface area contributed by atoms with Gasteiger partial charge in [-0.1, -0.05) is 58.4 Å². The Morgan fingerprint density at radius 2 is 1.62 bits per heavy atom. The van der Waals surface area contributed by atoms with Gasteiger partial charge in [0.2, 0.25) is 0 Å². The molecule has 1 heterocycles. The lowest BCUT2D eigenvalue weighted by Crippen LogP contribution is -2.23. The number of hydrogen-bond donors (Lipinski definition) is 1. The lowest BCUT2D eigenvalue weighted by atomic mass is 10.0. The highest BCUT2D eigenvalue weighted by Crippen LogP contribution is 2.34. The lowest BCUT2D eigenvalue weighted by molar-refractivity contribution is -0.137. The molecule has 1 amide bonds. The van der Waals surface area contributed by atoms with Crippen molar-refractivity contribution < 1.29 is 27.5 Å². The fourth-order valence-corrected chi connectivity index (χ4v) is 3.61. The second-order valence-corrected chi connectivity index (χ2v) is 8.16. The first-order chi connectivity index (χ1) is 16.2. The molecule has 0 atom stereocenters. The van der Waals surface area contributed by atoms with E-state index in [9.17, 15) is 22.8 Å². The third kappa shape index (κ3) is 5.26. The Balaban J connectivity index is 1.55. The summed E-state index contributed by atoms with van der Waals surface area (Å²) in [5.74, 6) is -1.69. The van der Waals surface area contributed by atoms with Gasteiger partial charge in [0.15, 0.2) is 6.61 Å². The van der Waals surface area contributed by atoms with Crippen molar-refractivity contribution in [3.8, 4) is 11.3 Å². The molecule has 3 aromatic carbocycles. The van der Waals surface area contributed by atoms with E-state index in [4.69, 9.17) is 4.74 Å². The molecule has 0 aliphatic rings. The molecule has 0 fully saturated rings. The van der Waals surface area contributed by atoms with Crippen LogP contribution in [0.2, 0.25) is 0 Å². The van der Waals surface area contributed by atoms with Crippen molar-refractivity contribution in [1.82, 2.24) is 4.98 Å². The molecule has 5 nitrogen and oxygen atoms in total. The molecule has 0 aliphatic heterocycles. The van der Waals surface area contributed by atoms with Gasteiger partial charge in [0, 0.05) is 15.4 Å². The Kier molecular flexibility index (Phi) is 6.65. The van der Waals surface area contributed by atoms with Gasteiger partial charge in [-0.25, -0.2) is 9.78 Å². The van der Waals surface area contributed by atoms with Crippen LogP contribution in [0, 0.1) is 0 Å². The molecule has 1 N–H and O–H groups in total. The Bertz CT molecular complexity index is 1370. The van der Waals surface area contributed by atoms with Crippen LogP contribution < -0.4 is 5.32 Å². The van der Waals surface area contributed by atoms with Crippen LogP contribution in [0.4, 0.5) is 18.9 Å². The maximum atomic E-state index is 13.1. The maximum absolute atomic E-state index is 13.1. The summed E-state index contributed by atoms with van der Waals surface area (Å²) in [7, 11) is 0. The van der Waals surface area contributed by atoms with Crippen molar-refractivity contribution in [2.24, 2.45) is 0 Å². The van der Waals surface area contributed by atoms with Crippen LogP contribution in [0.25, 0.3) is 22.2 Å². The van der Waals surface area contributed by atoms with Crippen LogP contribution in [0.5, 0.6) is 0 Å². The number of fused-ring (bicyclic) bond motifs is 1. The van der Waals surface area contributed by atoms with E-state index in [0.717, 1.165) is 22.2 Å². The number of aromatic nitrogens is 1. The number of carbonyl (C=O) groups is 2. The predicted octanol–water partition coefficient (Wildman–Crippen LogP) is 6.48. The van der Waals surface area contributed by atoms with Crippen LogP contribution in [-0.4, -0.2) is 23.5 Å². The number of benzene rings is 3. The summed E-state index contributed by atoms with van der Waals surface area (Å²) < 4.78 is 45.4. The van der Waals surface area contributed by atoms with Crippen molar-refractivity contribution in [2.75, 3.05) is 11.9 Å². The van der Waals surface area contributed by atoms with E-state index in [-0.39, 0.29) is 5.56 Å². The van der Waals surface area contributed by atoms with Crippen molar-refractivity contribution in [3.05, 3.63) is 94.5 Å². The quantitative estimate of drug-likeness (QED) is 0.301. The van der Waals surface area contributed by atoms with Crippen LogP contribution in [-0.2, 0) is 15.7 Å². The summed E-state index contributed by atoms with van der Waals surface area (Å²) in [6, 6.07) is 20.4. The Morgan fingerprint density at radius 1 is 0.941 bits per heavy atom. The lowest BCUT2D eigenvalue weighted by Gasteiger charge is -2.14. The van der Waals surface area contributed by atoms with Crippen LogP contribution in [0.15, 0.2) is 83.3 Å². The molecule has 0 saturated carbocycles. The zero-order valence-electron chi connectivity index (χ0n) is 17.4. The molecular weight excluding hydrogens is 513 g/mol. The highest BCUT2D eigenvalue weighted by Gasteiger charge is 2.33. The molecule has 4 aromatic rings. The SMILES string of the molecule is O=C(COC(=O)c1cc(-c2ccc(Br)cc2)nc2ccccc12)Nc1ccccc1C(F)(F)F. The summed E-state index contributed by atoms with van der Waals surface area (Å²) in [5.41, 5.74) is 0.633. The summed E-state index contributed by atoms with van der Waals surface area (Å²) in [5, 5.41) is 2.67. The molecule has 172 valence electrons. The number of anilines is 1. The number of nitrogens with one attached hydrogen (secondary N) is 1. The highest BCUT2D eigenvalue weighted by atomic mass is 79.9. The number of nitrogens with zero attached hydrogens (tertiary/aromatic N) is 1. The van der Waals surface area contributed by atoms with Gasteiger partial charge in [0.25, 0.3) is 5.91 Å². The Hall–Kier alpha value is -3.72. The Labute approximate surface area is 200 Å². The topological polar surface area (TPSA) is 68.3 Å². The van der Waals surface area contributed by atoms with Crippen molar-refractivity contribution >= 4 is 44.4 Å². The van der Waals surface area contributed by atoms with Gasteiger partial charge in [-0.05, 0) is 36.4 Å². The van der Waals surface area contributed by atoms with Gasteiger partial charge in [-0.3, -0.25) is 4.79 Å². The van der Waals surface area contributed by atoms with Crippen molar-refractivity contribution in [2.45, 2.75) is 6.18 Å². The first-order valence-corrected chi connectivity index (χ1v) is 10.8. The van der Waals surface area contributed by atoms with Gasteiger partial charge in [-0.2, -0.15) is 13.2 Å². The summed E-state index contributed by atoms with van der Waals surface area (Å²) in [4.78, 5) is 29.7. The average Bonchev–Trinajstić information content (AvgIpc) is 2.82. The zero-order chi connectivity index (χ0) is 24.3. The third-order valence-corrected chi connectivity index (χ3v) is 5.45. The van der Waals surface area contributed by atoms with E-state index in [1.807, 2.05) is 24.3 Å². The van der Waals surface area contributed by atoms with E-state index in [1.54, 1.807) is 30.3 Å². The minimum atomic E-state index is -4.64. The molecule has 9 heteroatoms. The molecule has 0 bridgehead atoms. The molecule has 0 spiro atoms. The standard InChI is InChI=1S/C25H16BrF3N2O3/c26-16-11-9-15(10-12-16)22-13-18(17-5-1-3-7-20(17)30-22)24(33)34-14-23(32)31-21-8-4-2-6-19(21)25(27,28)29/h1-13H,14H2,(H,31,32). The summed E-state index contributed by atoms with van der Waals surface area (Å²) >= 11 is 3.37. The van der Waals surface area contributed by atoms with E-state index in [2.05, 4.69) is 26.2 Å². The van der Waals surface area contributed by atoms with E-state index in [1.165, 1.54) is 12.1 Å². The molecule has 34 heavy (non-hydrogen) atoms. The molecule has 0 unspecified atom stereocenters. The average molecular weight is 529 g/mol. The largest absolute Gasteiger partial charge is 0.452 e. The molecule has 0 radical (unpaired) electrons. The molecule has 0 aliphatic carbocycles. The first-order valence-electron chi connectivity index (χ1n) is 10.0. The molecule has 1 aromatic heterocycles. The minimum absolute atomic E-state index is 0.187. The number of alkyl halides is 3. The number of esters is 1. The fourth-order valence-electron chi connectivity index (χ4n) is 3.35. The van der Waals surface area contributed by atoms with Gasteiger partial charge >= 0.3 is 12.1 Å². The number of para-hydroxylation sites is 2. The predicted molar refractivity (Wildman–Crippen MR) is 125 cm³/mol. The highest BCUT2D eigenvalue weighted by molar-refractivity contribution is 9.10. The number of hydrogen-bond acceptors (Lipinski definition) is 4. The first kappa shape index (κ1) is 23.4. The van der Waals surface area contributed by atoms with Gasteiger partial charge in [0.05, 0.1) is 28.0 Å². The number of ether oxygens (including phenoxy) is 1. The number of rotatable bonds is 5. The van der Waals surface area contributed by atoms with Gasteiger partial charge < -0.3 is 10.1 Å². The fraction of sp³-hybridized carbons (Fsp3) is 0.0800. The van der Waals surface area contributed by atoms with E-state index < -0.39 is 35.9 Å². The van der Waals surface area contributed by atoms with Crippen LogP contribution >= 0.6 is 15.9 Å². The van der Waals surface area contributed by atoms with Crippen LogP contribution in [0.1, 0.15) is 15.9 Å². The summed E-state index contributed by atoms with van der Waals surface area (Å²) in [6.07, 6.45) is -4.64. The monoisotopic (exact) mass is 528 g/mol. The molecular formula is C25H16BrF3N2O3. The third-order valence-electron chi connectivity index (χ3n) is 4.92. The minimum Gasteiger partial charge on any atom is -0.452 e. The Morgan fingerprint density at radius 3 is 2.35 bits per heavy atom. The normalized spacial score (nSPS) is 11.3. The maximum Gasteiger partial charge on any atom is 0.418 e. The number of halogens is 4. The molecule has 4 rings (SSSR count). The van der Waals surface area contributed by atoms with Gasteiger partial charge in [0.1, 0.15) is 0 Å². The number of pyridine rings is 1. The number of amides is 1. The van der Waals surface area contributed by atoms with E-state index in [0.29, 0.717) is 16.6 Å². The zero-order valence-corrected chi connectivity index (χ0v) is 19.0. The number of carbonyl (C=O) groups excluding carboxylic acids is 2. The second-order valence-electron chi connectivity index (χ2n) is 7.25. The van der Waals surface area contributed by atoms with Crippen LogP contribution in [0.3, 0.4) is 0 Å². The second kappa shape index (κ2) is 9.64. The smallest absolute Gasteiger partial charge is 0.418 e. The molecule has 0 saturated heterocycles. The van der Waals surface area contributed by atoms with Crippen molar-refractivity contribution in [3.63, 3.8) is 0 Å². The van der Waals surface area contributed by atoms with Crippen molar-refractivity contribution in [1.29, 1.82) is 0 Å².